The molecule has 0 radical (unpaired) electrons. The second-order valence-electron chi connectivity index (χ2n) is 4.95. The van der Waals surface area contributed by atoms with Crippen molar-refractivity contribution in [2.24, 2.45) is 5.92 Å². The van der Waals surface area contributed by atoms with Gasteiger partial charge in [-0.3, -0.25) is 4.79 Å². The third-order valence-electron chi connectivity index (χ3n) is 3.64. The standard InChI is InChI=1S/C14H17Cl2NO2/c15-12-2-1-10(9-13(12)16)3-6-17-7-4-11(5-8-17)14(18)19/h1-2,9,11H,3-8H2,(H,18,19). The average molecular weight is 302 g/mol. The summed E-state index contributed by atoms with van der Waals surface area (Å²) in [7, 11) is 0. The van der Waals surface area contributed by atoms with Crippen LogP contribution >= 0.6 is 23.2 Å². The first-order valence-electron chi connectivity index (χ1n) is 6.45. The van der Waals surface area contributed by atoms with Crippen molar-refractivity contribution >= 4 is 29.2 Å². The quantitative estimate of drug-likeness (QED) is 0.927. The summed E-state index contributed by atoms with van der Waals surface area (Å²) in [5.74, 6) is -0.828. The summed E-state index contributed by atoms with van der Waals surface area (Å²) < 4.78 is 0. The summed E-state index contributed by atoms with van der Waals surface area (Å²) in [5.41, 5.74) is 1.16. The molecule has 3 nitrogen and oxygen atoms in total. The van der Waals surface area contributed by atoms with Gasteiger partial charge in [-0.15, -0.1) is 0 Å². The molecule has 0 spiro atoms. The van der Waals surface area contributed by atoms with E-state index in [0.29, 0.717) is 10.0 Å². The van der Waals surface area contributed by atoms with Crippen LogP contribution in [0, 0.1) is 5.92 Å². The van der Waals surface area contributed by atoms with Crippen LogP contribution in [0.2, 0.25) is 10.0 Å². The van der Waals surface area contributed by atoms with Gasteiger partial charge < -0.3 is 10.0 Å². The average Bonchev–Trinajstić information content (AvgIpc) is 2.40. The minimum atomic E-state index is -0.663. The van der Waals surface area contributed by atoms with Gasteiger partial charge in [0.2, 0.25) is 0 Å². The first-order chi connectivity index (χ1) is 9.06. The van der Waals surface area contributed by atoms with Crippen molar-refractivity contribution in [3.8, 4) is 0 Å². The van der Waals surface area contributed by atoms with Crippen LogP contribution in [0.5, 0.6) is 0 Å². The maximum Gasteiger partial charge on any atom is 0.306 e. The molecule has 1 aliphatic rings. The van der Waals surface area contributed by atoms with Crippen molar-refractivity contribution < 1.29 is 9.90 Å². The highest BCUT2D eigenvalue weighted by molar-refractivity contribution is 6.42. The number of hydrogen-bond donors (Lipinski definition) is 1. The van der Waals surface area contributed by atoms with Crippen molar-refractivity contribution in [1.82, 2.24) is 4.90 Å². The monoisotopic (exact) mass is 301 g/mol. The lowest BCUT2D eigenvalue weighted by molar-refractivity contribution is -0.143. The third-order valence-corrected chi connectivity index (χ3v) is 4.38. The number of likely N-dealkylation sites (tertiary alicyclic amines) is 1. The number of carboxylic acids is 1. The Bertz CT molecular complexity index is 457. The van der Waals surface area contributed by atoms with Crippen LogP contribution in [0.1, 0.15) is 18.4 Å². The summed E-state index contributed by atoms with van der Waals surface area (Å²) in [6.07, 6.45) is 2.40. The molecular weight excluding hydrogens is 285 g/mol. The van der Waals surface area contributed by atoms with E-state index in [2.05, 4.69) is 4.90 Å². The van der Waals surface area contributed by atoms with Gasteiger partial charge in [0.1, 0.15) is 0 Å². The fourth-order valence-corrected chi connectivity index (χ4v) is 2.71. The Balaban J connectivity index is 1.80. The van der Waals surface area contributed by atoms with Gasteiger partial charge in [-0.05, 0) is 50.0 Å². The zero-order valence-electron chi connectivity index (χ0n) is 10.6. The topological polar surface area (TPSA) is 40.5 Å². The van der Waals surface area contributed by atoms with E-state index in [4.69, 9.17) is 28.3 Å². The molecule has 0 aromatic heterocycles. The van der Waals surface area contributed by atoms with Crippen LogP contribution < -0.4 is 0 Å². The van der Waals surface area contributed by atoms with Crippen LogP contribution in [0.3, 0.4) is 0 Å². The SMILES string of the molecule is O=C(O)C1CCN(CCc2ccc(Cl)c(Cl)c2)CC1. The van der Waals surface area contributed by atoms with Gasteiger partial charge in [0.05, 0.1) is 16.0 Å². The molecule has 0 unspecified atom stereocenters. The highest BCUT2D eigenvalue weighted by Gasteiger charge is 2.23. The molecule has 0 bridgehead atoms. The molecule has 1 fully saturated rings. The van der Waals surface area contributed by atoms with Gasteiger partial charge in [0.25, 0.3) is 0 Å². The van der Waals surface area contributed by atoms with Gasteiger partial charge in [-0.1, -0.05) is 29.3 Å². The molecule has 104 valence electrons. The Kier molecular flexibility index (Phi) is 5.08. The molecular formula is C14H17Cl2NO2. The van der Waals surface area contributed by atoms with Crippen molar-refractivity contribution in [2.75, 3.05) is 19.6 Å². The summed E-state index contributed by atoms with van der Waals surface area (Å²) in [5, 5.41) is 10.1. The Hall–Kier alpha value is -0.770. The van der Waals surface area contributed by atoms with Gasteiger partial charge in [-0.2, -0.15) is 0 Å². The molecule has 1 aromatic rings. The zero-order valence-corrected chi connectivity index (χ0v) is 12.1. The van der Waals surface area contributed by atoms with Crippen LogP contribution in [-0.4, -0.2) is 35.6 Å². The molecule has 1 saturated heterocycles. The summed E-state index contributed by atoms with van der Waals surface area (Å²) in [6.45, 7) is 2.65. The van der Waals surface area contributed by atoms with Gasteiger partial charge in [0, 0.05) is 6.54 Å². The second-order valence-corrected chi connectivity index (χ2v) is 5.77. The predicted molar refractivity (Wildman–Crippen MR) is 77.0 cm³/mol. The number of rotatable bonds is 4. The molecule has 19 heavy (non-hydrogen) atoms. The van der Waals surface area contributed by atoms with E-state index in [1.165, 1.54) is 0 Å². The molecule has 0 saturated carbocycles. The van der Waals surface area contributed by atoms with Crippen LogP contribution in [0.4, 0.5) is 0 Å². The van der Waals surface area contributed by atoms with E-state index in [1.54, 1.807) is 0 Å². The summed E-state index contributed by atoms with van der Waals surface area (Å²) in [4.78, 5) is 13.2. The normalized spacial score (nSPS) is 17.6. The molecule has 1 heterocycles. The third kappa shape index (κ3) is 4.10. The summed E-state index contributed by atoms with van der Waals surface area (Å²) >= 11 is 11.9. The number of piperidine rings is 1. The maximum absolute atomic E-state index is 10.9. The molecule has 2 rings (SSSR count). The predicted octanol–water partition coefficient (Wildman–Crippen LogP) is 3.33. The lowest BCUT2D eigenvalue weighted by Gasteiger charge is -2.29. The molecule has 0 atom stereocenters. The Morgan fingerprint density at radius 1 is 1.26 bits per heavy atom. The number of carbonyl (C=O) groups is 1. The van der Waals surface area contributed by atoms with E-state index < -0.39 is 5.97 Å². The first kappa shape index (κ1) is 14.6. The van der Waals surface area contributed by atoms with Crippen LogP contribution in [-0.2, 0) is 11.2 Å². The van der Waals surface area contributed by atoms with Gasteiger partial charge >= 0.3 is 5.97 Å². The van der Waals surface area contributed by atoms with E-state index >= 15 is 0 Å². The minimum absolute atomic E-state index is 0.166. The number of nitrogens with zero attached hydrogens (tertiary/aromatic N) is 1. The molecule has 1 N–H and O–H groups in total. The Labute approximate surface area is 123 Å². The smallest absolute Gasteiger partial charge is 0.306 e. The van der Waals surface area contributed by atoms with Crippen molar-refractivity contribution in [2.45, 2.75) is 19.3 Å². The van der Waals surface area contributed by atoms with Crippen molar-refractivity contribution in [3.63, 3.8) is 0 Å². The summed E-state index contributed by atoms with van der Waals surface area (Å²) in [6, 6.07) is 5.70. The number of carboxylic acid groups (broad SMARTS) is 1. The largest absolute Gasteiger partial charge is 0.481 e. The Morgan fingerprint density at radius 2 is 1.95 bits per heavy atom. The minimum Gasteiger partial charge on any atom is -0.481 e. The van der Waals surface area contributed by atoms with E-state index in [0.717, 1.165) is 44.5 Å². The first-order valence-corrected chi connectivity index (χ1v) is 7.21. The van der Waals surface area contributed by atoms with E-state index in [1.807, 2.05) is 18.2 Å². The number of hydrogen-bond acceptors (Lipinski definition) is 2. The number of benzene rings is 1. The molecule has 1 aliphatic heterocycles. The number of halogens is 2. The van der Waals surface area contributed by atoms with Gasteiger partial charge in [-0.25, -0.2) is 0 Å². The fraction of sp³-hybridized carbons (Fsp3) is 0.500. The molecule has 1 aromatic carbocycles. The molecule has 0 aliphatic carbocycles. The highest BCUT2D eigenvalue weighted by Crippen LogP contribution is 2.23. The second kappa shape index (κ2) is 6.60. The Morgan fingerprint density at radius 3 is 2.53 bits per heavy atom. The fourth-order valence-electron chi connectivity index (χ4n) is 2.39. The van der Waals surface area contributed by atoms with Crippen molar-refractivity contribution in [3.05, 3.63) is 33.8 Å². The number of aliphatic carboxylic acids is 1. The van der Waals surface area contributed by atoms with E-state index in [-0.39, 0.29) is 5.92 Å². The van der Waals surface area contributed by atoms with Crippen molar-refractivity contribution in [1.29, 1.82) is 0 Å². The van der Waals surface area contributed by atoms with Crippen LogP contribution in [0.15, 0.2) is 18.2 Å². The molecule has 5 heteroatoms. The van der Waals surface area contributed by atoms with Gasteiger partial charge in [0.15, 0.2) is 0 Å². The van der Waals surface area contributed by atoms with Crippen LogP contribution in [0.25, 0.3) is 0 Å². The maximum atomic E-state index is 10.9. The van der Waals surface area contributed by atoms with E-state index in [9.17, 15) is 4.79 Å². The lowest BCUT2D eigenvalue weighted by Crippen LogP contribution is -2.37. The highest BCUT2D eigenvalue weighted by atomic mass is 35.5. The zero-order chi connectivity index (χ0) is 13.8. The lowest BCUT2D eigenvalue weighted by atomic mass is 9.97. The molecule has 0 amide bonds.